The molecule has 0 aromatic rings. The van der Waals surface area contributed by atoms with Gasteiger partial charge in [-0.15, -0.1) is 0 Å². The number of hydrogen-bond donors (Lipinski definition) is 2. The molecule has 2 unspecified atom stereocenters. The van der Waals surface area contributed by atoms with Crippen LogP contribution in [0.15, 0.2) is 0 Å². The molecule has 1 fully saturated rings. The molecule has 0 aromatic carbocycles. The van der Waals surface area contributed by atoms with Gasteiger partial charge in [-0.2, -0.15) is 0 Å². The summed E-state index contributed by atoms with van der Waals surface area (Å²) >= 11 is 0. The standard InChI is InChI=1S/C10H17NO4/c1-6(2)9(12)11-5-7-3-4-8(15-7)10(13)14/h6-8H,3-5H2,1-2H3,(H,11,12)(H,13,14). The van der Waals surface area contributed by atoms with Crippen molar-refractivity contribution in [1.29, 1.82) is 0 Å². The first kappa shape index (κ1) is 12.0. The number of hydrogen-bond acceptors (Lipinski definition) is 3. The third kappa shape index (κ3) is 3.51. The molecule has 0 aromatic heterocycles. The van der Waals surface area contributed by atoms with Gasteiger partial charge in [-0.1, -0.05) is 13.8 Å². The quantitative estimate of drug-likeness (QED) is 0.711. The van der Waals surface area contributed by atoms with E-state index in [1.165, 1.54) is 0 Å². The number of aliphatic carboxylic acids is 1. The summed E-state index contributed by atoms with van der Waals surface area (Å²) in [6.07, 6.45) is 0.354. The molecule has 1 rings (SSSR count). The average Bonchev–Trinajstić information content (AvgIpc) is 2.62. The molecule has 1 amide bonds. The maximum absolute atomic E-state index is 11.2. The molecule has 0 spiro atoms. The molecule has 2 N–H and O–H groups in total. The number of carbonyl (C=O) groups excluding carboxylic acids is 1. The van der Waals surface area contributed by atoms with Crippen LogP contribution >= 0.6 is 0 Å². The lowest BCUT2D eigenvalue weighted by Crippen LogP contribution is -2.35. The maximum atomic E-state index is 11.2. The number of amides is 1. The molecule has 1 saturated heterocycles. The highest BCUT2D eigenvalue weighted by Gasteiger charge is 2.30. The summed E-state index contributed by atoms with van der Waals surface area (Å²) in [6, 6.07) is 0. The summed E-state index contributed by atoms with van der Waals surface area (Å²) in [5, 5.41) is 11.4. The third-order valence-electron chi connectivity index (χ3n) is 2.41. The summed E-state index contributed by atoms with van der Waals surface area (Å²) in [5.41, 5.74) is 0. The lowest BCUT2D eigenvalue weighted by molar-refractivity contribution is -0.149. The topological polar surface area (TPSA) is 75.6 Å². The molecule has 0 aliphatic carbocycles. The highest BCUT2D eigenvalue weighted by molar-refractivity contribution is 5.77. The van der Waals surface area contributed by atoms with E-state index in [0.29, 0.717) is 19.4 Å². The van der Waals surface area contributed by atoms with Gasteiger partial charge in [0.15, 0.2) is 6.10 Å². The van der Waals surface area contributed by atoms with E-state index in [0.717, 1.165) is 0 Å². The summed E-state index contributed by atoms with van der Waals surface area (Å²) in [7, 11) is 0. The minimum atomic E-state index is -0.923. The Morgan fingerprint density at radius 3 is 2.60 bits per heavy atom. The molecule has 0 radical (unpaired) electrons. The van der Waals surface area contributed by atoms with Crippen LogP contribution in [0.3, 0.4) is 0 Å². The summed E-state index contributed by atoms with van der Waals surface area (Å²) in [6.45, 7) is 4.02. The van der Waals surface area contributed by atoms with Crippen molar-refractivity contribution in [2.24, 2.45) is 5.92 Å². The first-order valence-electron chi connectivity index (χ1n) is 5.16. The SMILES string of the molecule is CC(C)C(=O)NCC1CCC(C(=O)O)O1. The summed E-state index contributed by atoms with van der Waals surface area (Å²) < 4.78 is 5.24. The van der Waals surface area contributed by atoms with Crippen molar-refractivity contribution in [2.75, 3.05) is 6.54 Å². The van der Waals surface area contributed by atoms with Gasteiger partial charge in [0, 0.05) is 12.5 Å². The van der Waals surface area contributed by atoms with Crippen LogP contribution in [0.1, 0.15) is 26.7 Å². The van der Waals surface area contributed by atoms with Crippen molar-refractivity contribution >= 4 is 11.9 Å². The number of rotatable bonds is 4. The van der Waals surface area contributed by atoms with Crippen LogP contribution in [-0.2, 0) is 14.3 Å². The lowest BCUT2D eigenvalue weighted by atomic mass is 10.2. The first-order valence-corrected chi connectivity index (χ1v) is 5.16. The highest BCUT2D eigenvalue weighted by atomic mass is 16.5. The van der Waals surface area contributed by atoms with Crippen LogP contribution in [0.5, 0.6) is 0 Å². The largest absolute Gasteiger partial charge is 0.479 e. The monoisotopic (exact) mass is 215 g/mol. The van der Waals surface area contributed by atoms with Crippen molar-refractivity contribution in [3.05, 3.63) is 0 Å². The van der Waals surface area contributed by atoms with E-state index in [9.17, 15) is 9.59 Å². The molecule has 1 aliphatic rings. The number of carboxylic acids is 1. The number of carboxylic acid groups (broad SMARTS) is 1. The molecular weight excluding hydrogens is 198 g/mol. The van der Waals surface area contributed by atoms with Gasteiger partial charge in [0.25, 0.3) is 0 Å². The van der Waals surface area contributed by atoms with Gasteiger partial charge in [0.1, 0.15) is 0 Å². The van der Waals surface area contributed by atoms with Crippen LogP contribution < -0.4 is 5.32 Å². The minimum Gasteiger partial charge on any atom is -0.479 e. The van der Waals surface area contributed by atoms with Gasteiger partial charge in [0.05, 0.1) is 6.10 Å². The molecule has 5 heteroatoms. The van der Waals surface area contributed by atoms with Gasteiger partial charge in [0.2, 0.25) is 5.91 Å². The van der Waals surface area contributed by atoms with E-state index < -0.39 is 12.1 Å². The molecule has 0 bridgehead atoms. The fourth-order valence-corrected chi connectivity index (χ4v) is 1.46. The Kier molecular flexibility index (Phi) is 4.08. The van der Waals surface area contributed by atoms with E-state index in [4.69, 9.17) is 9.84 Å². The number of carbonyl (C=O) groups is 2. The van der Waals surface area contributed by atoms with Gasteiger partial charge >= 0.3 is 5.97 Å². The Bertz CT molecular complexity index is 252. The Morgan fingerprint density at radius 1 is 1.47 bits per heavy atom. The first-order chi connectivity index (χ1) is 7.00. The van der Waals surface area contributed by atoms with Crippen LogP contribution in [0.2, 0.25) is 0 Å². The normalized spacial score (nSPS) is 25.5. The highest BCUT2D eigenvalue weighted by Crippen LogP contribution is 2.19. The Labute approximate surface area is 88.8 Å². The molecule has 1 heterocycles. The van der Waals surface area contributed by atoms with Gasteiger partial charge in [-0.05, 0) is 12.8 Å². The van der Waals surface area contributed by atoms with Gasteiger partial charge < -0.3 is 15.2 Å². The van der Waals surface area contributed by atoms with Crippen molar-refractivity contribution < 1.29 is 19.4 Å². The zero-order valence-corrected chi connectivity index (χ0v) is 9.03. The van der Waals surface area contributed by atoms with Crippen molar-refractivity contribution in [3.63, 3.8) is 0 Å². The molecule has 5 nitrogen and oxygen atoms in total. The zero-order chi connectivity index (χ0) is 11.4. The summed E-state index contributed by atoms with van der Waals surface area (Å²) in [4.78, 5) is 21.8. The fourth-order valence-electron chi connectivity index (χ4n) is 1.46. The second-order valence-electron chi connectivity index (χ2n) is 4.06. The second kappa shape index (κ2) is 5.11. The molecule has 2 atom stereocenters. The van der Waals surface area contributed by atoms with E-state index in [2.05, 4.69) is 5.32 Å². The zero-order valence-electron chi connectivity index (χ0n) is 9.03. The van der Waals surface area contributed by atoms with Crippen LogP contribution in [0.4, 0.5) is 0 Å². The summed E-state index contributed by atoms with van der Waals surface area (Å²) in [5.74, 6) is -1.01. The molecule has 0 saturated carbocycles. The van der Waals surface area contributed by atoms with Crippen molar-refractivity contribution in [3.8, 4) is 0 Å². The third-order valence-corrected chi connectivity index (χ3v) is 2.41. The maximum Gasteiger partial charge on any atom is 0.332 e. The fraction of sp³-hybridized carbons (Fsp3) is 0.800. The predicted molar refractivity (Wildman–Crippen MR) is 53.4 cm³/mol. The second-order valence-corrected chi connectivity index (χ2v) is 4.06. The van der Waals surface area contributed by atoms with Crippen molar-refractivity contribution in [2.45, 2.75) is 38.9 Å². The Hall–Kier alpha value is -1.10. The van der Waals surface area contributed by atoms with E-state index in [1.54, 1.807) is 0 Å². The molecule has 86 valence electrons. The average molecular weight is 215 g/mol. The van der Waals surface area contributed by atoms with Crippen LogP contribution in [0.25, 0.3) is 0 Å². The number of nitrogens with one attached hydrogen (secondary N) is 1. The Morgan fingerprint density at radius 2 is 2.13 bits per heavy atom. The predicted octanol–water partition coefficient (Wildman–Crippen LogP) is 0.391. The Balaban J connectivity index is 2.25. The smallest absolute Gasteiger partial charge is 0.332 e. The van der Waals surface area contributed by atoms with Crippen LogP contribution in [-0.4, -0.2) is 35.7 Å². The molecule has 15 heavy (non-hydrogen) atoms. The van der Waals surface area contributed by atoms with Crippen LogP contribution in [0, 0.1) is 5.92 Å². The van der Waals surface area contributed by atoms with E-state index in [1.807, 2.05) is 13.8 Å². The van der Waals surface area contributed by atoms with Gasteiger partial charge in [-0.25, -0.2) is 4.79 Å². The van der Waals surface area contributed by atoms with Crippen molar-refractivity contribution in [1.82, 2.24) is 5.32 Å². The number of ether oxygens (including phenoxy) is 1. The van der Waals surface area contributed by atoms with E-state index in [-0.39, 0.29) is 17.9 Å². The lowest BCUT2D eigenvalue weighted by Gasteiger charge is -2.13. The van der Waals surface area contributed by atoms with E-state index >= 15 is 0 Å². The molecule has 1 aliphatic heterocycles. The minimum absolute atomic E-state index is 0.0302. The molecular formula is C10H17NO4. The van der Waals surface area contributed by atoms with Gasteiger partial charge in [-0.3, -0.25) is 4.79 Å².